The summed E-state index contributed by atoms with van der Waals surface area (Å²) in [5.74, 6) is -0.786. The molecule has 0 aromatic heterocycles. The zero-order valence-electron chi connectivity index (χ0n) is 13.1. The van der Waals surface area contributed by atoms with Crippen molar-refractivity contribution in [3.05, 3.63) is 0 Å². The van der Waals surface area contributed by atoms with Crippen LogP contribution in [-0.4, -0.2) is 65.7 Å². The van der Waals surface area contributed by atoms with E-state index in [9.17, 15) is 14.7 Å². The molecule has 1 aliphatic carbocycles. The van der Waals surface area contributed by atoms with E-state index in [0.717, 1.165) is 13.1 Å². The zero-order chi connectivity index (χ0) is 15.5. The van der Waals surface area contributed by atoms with Gasteiger partial charge in [0.25, 0.3) is 0 Å². The number of carboxylic acids is 1. The first-order valence-electron chi connectivity index (χ1n) is 8.02. The van der Waals surface area contributed by atoms with Crippen molar-refractivity contribution in [2.75, 3.05) is 32.7 Å². The largest absolute Gasteiger partial charge is 0.481 e. The maximum atomic E-state index is 12.1. The molecule has 1 atom stereocenters. The summed E-state index contributed by atoms with van der Waals surface area (Å²) in [6, 6.07) is 0.580. The van der Waals surface area contributed by atoms with E-state index in [1.807, 2.05) is 6.92 Å². The normalized spacial score (nSPS) is 25.4. The van der Waals surface area contributed by atoms with Gasteiger partial charge in [-0.2, -0.15) is 0 Å². The van der Waals surface area contributed by atoms with Gasteiger partial charge in [-0.3, -0.25) is 9.69 Å². The molecule has 21 heavy (non-hydrogen) atoms. The highest BCUT2D eigenvalue weighted by molar-refractivity contribution is 5.79. The average Bonchev–Trinajstić information content (AvgIpc) is 3.20. The predicted octanol–water partition coefficient (Wildman–Crippen LogP) is 1.37. The number of nitrogens with one attached hydrogen (secondary N) is 1. The monoisotopic (exact) mass is 297 g/mol. The fraction of sp³-hybridized carbons (Fsp3) is 0.867. The van der Waals surface area contributed by atoms with E-state index in [-0.39, 0.29) is 6.03 Å². The number of aliphatic carboxylic acids is 1. The Hall–Kier alpha value is -1.30. The van der Waals surface area contributed by atoms with E-state index >= 15 is 0 Å². The zero-order valence-corrected chi connectivity index (χ0v) is 13.1. The highest BCUT2D eigenvalue weighted by atomic mass is 16.4. The van der Waals surface area contributed by atoms with Crippen LogP contribution < -0.4 is 5.32 Å². The fourth-order valence-corrected chi connectivity index (χ4v) is 3.12. The Morgan fingerprint density at radius 1 is 1.38 bits per heavy atom. The smallest absolute Gasteiger partial charge is 0.317 e. The van der Waals surface area contributed by atoms with Gasteiger partial charge in [0, 0.05) is 32.2 Å². The Kier molecular flexibility index (Phi) is 5.08. The minimum atomic E-state index is -0.786. The number of carboxylic acid groups (broad SMARTS) is 1. The number of likely N-dealkylation sites (N-methyl/N-ethyl adjacent to an activating group) is 1. The number of urea groups is 1. The summed E-state index contributed by atoms with van der Waals surface area (Å²) in [4.78, 5) is 27.5. The SMILES string of the molecule is CCN(CCNC(=O)N1CCC(CC)(C(=O)O)C1)C1CC1. The van der Waals surface area contributed by atoms with Crippen LogP contribution in [0.15, 0.2) is 0 Å². The van der Waals surface area contributed by atoms with Crippen LogP contribution in [0.1, 0.15) is 39.5 Å². The standard InChI is InChI=1S/C15H27N3O3/c1-3-15(13(19)20)7-9-18(11-15)14(21)16-8-10-17(4-2)12-5-6-12/h12H,3-11H2,1-2H3,(H,16,21)(H,19,20). The van der Waals surface area contributed by atoms with Gasteiger partial charge in [-0.25, -0.2) is 4.79 Å². The van der Waals surface area contributed by atoms with Crippen LogP contribution in [0.3, 0.4) is 0 Å². The quantitative estimate of drug-likeness (QED) is 0.744. The lowest BCUT2D eigenvalue weighted by atomic mass is 9.84. The first-order chi connectivity index (χ1) is 10.0. The molecule has 2 fully saturated rings. The Morgan fingerprint density at radius 3 is 2.57 bits per heavy atom. The molecule has 0 spiro atoms. The van der Waals surface area contributed by atoms with Crippen LogP contribution >= 0.6 is 0 Å². The molecule has 0 aromatic rings. The number of hydrogen-bond donors (Lipinski definition) is 2. The summed E-state index contributed by atoms with van der Waals surface area (Å²) < 4.78 is 0. The molecule has 6 nitrogen and oxygen atoms in total. The summed E-state index contributed by atoms with van der Waals surface area (Å²) in [6.07, 6.45) is 3.66. The third kappa shape index (κ3) is 3.67. The Morgan fingerprint density at radius 2 is 2.10 bits per heavy atom. The van der Waals surface area contributed by atoms with Crippen LogP contribution in [-0.2, 0) is 4.79 Å². The minimum absolute atomic E-state index is 0.126. The summed E-state index contributed by atoms with van der Waals surface area (Å²) in [5.41, 5.74) is -0.749. The molecule has 0 aromatic carbocycles. The summed E-state index contributed by atoms with van der Waals surface area (Å²) >= 11 is 0. The van der Waals surface area contributed by atoms with E-state index in [0.29, 0.717) is 38.5 Å². The number of nitrogens with zero attached hydrogens (tertiary/aromatic N) is 2. The van der Waals surface area contributed by atoms with Gasteiger partial charge in [0.1, 0.15) is 0 Å². The number of likely N-dealkylation sites (tertiary alicyclic amines) is 1. The predicted molar refractivity (Wildman–Crippen MR) is 80.2 cm³/mol. The number of hydrogen-bond acceptors (Lipinski definition) is 3. The van der Waals surface area contributed by atoms with Gasteiger partial charge in [0.2, 0.25) is 0 Å². The minimum Gasteiger partial charge on any atom is -0.481 e. The average molecular weight is 297 g/mol. The fourth-order valence-electron chi connectivity index (χ4n) is 3.12. The molecule has 6 heteroatoms. The molecular formula is C15H27N3O3. The second-order valence-corrected chi connectivity index (χ2v) is 6.20. The van der Waals surface area contributed by atoms with Gasteiger partial charge in [0.05, 0.1) is 5.41 Å². The molecule has 2 rings (SSSR count). The number of carbonyl (C=O) groups excluding carboxylic acids is 1. The van der Waals surface area contributed by atoms with Crippen molar-refractivity contribution in [2.45, 2.75) is 45.6 Å². The first-order valence-corrected chi connectivity index (χ1v) is 8.02. The third-order valence-corrected chi connectivity index (χ3v) is 4.92. The van der Waals surface area contributed by atoms with Gasteiger partial charge in [-0.15, -0.1) is 0 Å². The topological polar surface area (TPSA) is 72.9 Å². The summed E-state index contributed by atoms with van der Waals surface area (Å²) in [7, 11) is 0. The number of amides is 2. The van der Waals surface area contributed by atoms with Gasteiger partial charge in [0.15, 0.2) is 0 Å². The molecule has 0 bridgehead atoms. The maximum absolute atomic E-state index is 12.1. The Labute approximate surface area is 126 Å². The lowest BCUT2D eigenvalue weighted by molar-refractivity contribution is -0.148. The van der Waals surface area contributed by atoms with Crippen molar-refractivity contribution in [3.8, 4) is 0 Å². The van der Waals surface area contributed by atoms with Crippen molar-refractivity contribution >= 4 is 12.0 Å². The highest BCUT2D eigenvalue weighted by Gasteiger charge is 2.44. The molecule has 1 heterocycles. The van der Waals surface area contributed by atoms with Crippen molar-refractivity contribution < 1.29 is 14.7 Å². The first kappa shape index (κ1) is 16.1. The van der Waals surface area contributed by atoms with E-state index in [1.54, 1.807) is 4.90 Å². The summed E-state index contributed by atoms with van der Waals surface area (Å²) in [5, 5.41) is 12.3. The third-order valence-electron chi connectivity index (χ3n) is 4.92. The van der Waals surface area contributed by atoms with Crippen LogP contribution in [0.5, 0.6) is 0 Å². The van der Waals surface area contributed by atoms with Crippen LogP contribution in [0.2, 0.25) is 0 Å². The number of carbonyl (C=O) groups is 2. The molecule has 1 saturated heterocycles. The highest BCUT2D eigenvalue weighted by Crippen LogP contribution is 2.34. The lowest BCUT2D eigenvalue weighted by Crippen LogP contribution is -2.44. The molecule has 1 unspecified atom stereocenters. The van der Waals surface area contributed by atoms with Gasteiger partial charge in [-0.1, -0.05) is 13.8 Å². The molecule has 2 amide bonds. The Balaban J connectivity index is 1.75. The van der Waals surface area contributed by atoms with E-state index in [1.165, 1.54) is 12.8 Å². The van der Waals surface area contributed by atoms with E-state index < -0.39 is 11.4 Å². The van der Waals surface area contributed by atoms with Crippen LogP contribution in [0.4, 0.5) is 4.79 Å². The molecule has 1 aliphatic heterocycles. The Bertz CT molecular complexity index is 398. The summed E-state index contributed by atoms with van der Waals surface area (Å²) in [6.45, 7) is 7.40. The van der Waals surface area contributed by atoms with Crippen molar-refractivity contribution in [1.82, 2.24) is 15.1 Å². The van der Waals surface area contributed by atoms with Gasteiger partial charge >= 0.3 is 12.0 Å². The van der Waals surface area contributed by atoms with Crippen molar-refractivity contribution in [3.63, 3.8) is 0 Å². The maximum Gasteiger partial charge on any atom is 0.317 e. The molecule has 0 radical (unpaired) electrons. The van der Waals surface area contributed by atoms with Gasteiger partial charge < -0.3 is 15.3 Å². The van der Waals surface area contributed by atoms with E-state index in [4.69, 9.17) is 0 Å². The molecule has 1 saturated carbocycles. The second kappa shape index (κ2) is 6.64. The molecule has 2 N–H and O–H groups in total. The molecule has 2 aliphatic rings. The van der Waals surface area contributed by atoms with Crippen molar-refractivity contribution in [2.24, 2.45) is 5.41 Å². The van der Waals surface area contributed by atoms with Crippen molar-refractivity contribution in [1.29, 1.82) is 0 Å². The number of rotatable bonds is 7. The molecule has 120 valence electrons. The van der Waals surface area contributed by atoms with Crippen LogP contribution in [0, 0.1) is 5.41 Å². The lowest BCUT2D eigenvalue weighted by Gasteiger charge is -2.24. The van der Waals surface area contributed by atoms with Gasteiger partial charge in [-0.05, 0) is 32.2 Å². The van der Waals surface area contributed by atoms with Crippen LogP contribution in [0.25, 0.3) is 0 Å². The second-order valence-electron chi connectivity index (χ2n) is 6.20. The van der Waals surface area contributed by atoms with E-state index in [2.05, 4.69) is 17.1 Å². The molecular weight excluding hydrogens is 270 g/mol.